The lowest BCUT2D eigenvalue weighted by Gasteiger charge is -2.34. The Morgan fingerprint density at radius 1 is 1.52 bits per heavy atom. The Morgan fingerprint density at radius 2 is 2.24 bits per heavy atom. The number of aliphatic carboxylic acids is 1. The van der Waals surface area contributed by atoms with Crippen molar-refractivity contribution in [2.24, 2.45) is 0 Å². The van der Waals surface area contributed by atoms with Crippen molar-refractivity contribution in [1.29, 1.82) is 0 Å². The van der Waals surface area contributed by atoms with Crippen LogP contribution >= 0.6 is 11.6 Å². The minimum absolute atomic E-state index is 0.0722. The molecule has 25 heavy (non-hydrogen) atoms. The maximum absolute atomic E-state index is 12.7. The Morgan fingerprint density at radius 3 is 2.88 bits per heavy atom. The van der Waals surface area contributed by atoms with Crippen LogP contribution in [0.3, 0.4) is 0 Å². The number of carbonyl (C=O) groups excluding carboxylic acids is 1. The first-order chi connectivity index (χ1) is 11.8. The standard InChI is InChI=1S/C15H18ClN3O6/c1-17(9-13(20)21)7-10-8-18(5-6-25-10)15(22)11-3-2-4-12(16)14(11)19(23)24/h2-4,10H,5-9H2,1H3,(H,20,21). The van der Waals surface area contributed by atoms with Gasteiger partial charge in [0.2, 0.25) is 0 Å². The van der Waals surface area contributed by atoms with Crippen molar-refractivity contribution in [3.8, 4) is 0 Å². The van der Waals surface area contributed by atoms with E-state index >= 15 is 0 Å². The van der Waals surface area contributed by atoms with Gasteiger partial charge in [-0.25, -0.2) is 0 Å². The molecule has 10 heteroatoms. The van der Waals surface area contributed by atoms with E-state index in [9.17, 15) is 19.7 Å². The molecule has 0 saturated carbocycles. The summed E-state index contributed by atoms with van der Waals surface area (Å²) in [5.74, 6) is -1.45. The zero-order valence-corrected chi connectivity index (χ0v) is 14.3. The van der Waals surface area contributed by atoms with E-state index < -0.39 is 22.5 Å². The second kappa shape index (κ2) is 8.24. The van der Waals surface area contributed by atoms with Gasteiger partial charge in [0.05, 0.1) is 24.2 Å². The van der Waals surface area contributed by atoms with Crippen LogP contribution < -0.4 is 0 Å². The van der Waals surface area contributed by atoms with Gasteiger partial charge < -0.3 is 14.7 Å². The van der Waals surface area contributed by atoms with Crippen molar-refractivity contribution in [3.63, 3.8) is 0 Å². The van der Waals surface area contributed by atoms with Crippen LogP contribution in [0.4, 0.5) is 5.69 Å². The number of hydrogen-bond donors (Lipinski definition) is 1. The maximum atomic E-state index is 12.7. The van der Waals surface area contributed by atoms with Gasteiger partial charge in [-0.1, -0.05) is 17.7 Å². The minimum atomic E-state index is -0.958. The number of nitro benzene ring substituents is 1. The van der Waals surface area contributed by atoms with E-state index in [-0.39, 0.29) is 36.4 Å². The van der Waals surface area contributed by atoms with Crippen LogP contribution in [0.5, 0.6) is 0 Å². The molecule has 0 aliphatic carbocycles. The number of halogens is 1. The fraction of sp³-hybridized carbons (Fsp3) is 0.467. The van der Waals surface area contributed by atoms with Crippen molar-refractivity contribution in [1.82, 2.24) is 9.80 Å². The molecule has 1 saturated heterocycles. The summed E-state index contributed by atoms with van der Waals surface area (Å²) in [6.45, 7) is 0.959. The van der Waals surface area contributed by atoms with E-state index in [0.717, 1.165) is 0 Å². The smallest absolute Gasteiger partial charge is 0.317 e. The topological polar surface area (TPSA) is 113 Å². The van der Waals surface area contributed by atoms with Gasteiger partial charge in [-0.3, -0.25) is 24.6 Å². The van der Waals surface area contributed by atoms with Gasteiger partial charge in [0.1, 0.15) is 10.6 Å². The van der Waals surface area contributed by atoms with Crippen molar-refractivity contribution in [3.05, 3.63) is 38.9 Å². The van der Waals surface area contributed by atoms with E-state index in [4.69, 9.17) is 21.4 Å². The second-order valence-corrected chi connectivity index (χ2v) is 6.13. The van der Waals surface area contributed by atoms with E-state index in [2.05, 4.69) is 0 Å². The molecule has 9 nitrogen and oxygen atoms in total. The van der Waals surface area contributed by atoms with Crippen LogP contribution in [0.25, 0.3) is 0 Å². The molecule has 1 N–H and O–H groups in total. The number of hydrogen-bond acceptors (Lipinski definition) is 6. The molecule has 1 amide bonds. The molecule has 1 heterocycles. The number of likely N-dealkylation sites (N-methyl/N-ethyl adjacent to an activating group) is 1. The predicted octanol–water partition coefficient (Wildman–Crippen LogP) is 1.11. The molecule has 0 bridgehead atoms. The highest BCUT2D eigenvalue weighted by atomic mass is 35.5. The lowest BCUT2D eigenvalue weighted by Crippen LogP contribution is -2.49. The van der Waals surface area contributed by atoms with Gasteiger partial charge in [0.25, 0.3) is 5.91 Å². The van der Waals surface area contributed by atoms with E-state index in [1.807, 2.05) is 0 Å². The van der Waals surface area contributed by atoms with Crippen LogP contribution in [0.15, 0.2) is 18.2 Å². The molecule has 1 aliphatic rings. The van der Waals surface area contributed by atoms with Gasteiger partial charge in [-0.15, -0.1) is 0 Å². The summed E-state index contributed by atoms with van der Waals surface area (Å²) < 4.78 is 5.56. The van der Waals surface area contributed by atoms with Crippen LogP contribution in [0.1, 0.15) is 10.4 Å². The summed E-state index contributed by atoms with van der Waals surface area (Å²) >= 11 is 5.85. The number of nitrogens with zero attached hydrogens (tertiary/aromatic N) is 3. The molecule has 1 aromatic rings. The second-order valence-electron chi connectivity index (χ2n) is 5.73. The first-order valence-corrected chi connectivity index (χ1v) is 7.91. The van der Waals surface area contributed by atoms with Crippen molar-refractivity contribution < 1.29 is 24.4 Å². The number of carboxylic acid groups (broad SMARTS) is 1. The summed E-state index contributed by atoms with van der Waals surface area (Å²) in [7, 11) is 1.64. The molecule has 1 aromatic carbocycles. The molecule has 1 unspecified atom stereocenters. The maximum Gasteiger partial charge on any atom is 0.317 e. The van der Waals surface area contributed by atoms with Crippen LogP contribution in [0.2, 0.25) is 5.02 Å². The van der Waals surface area contributed by atoms with Gasteiger partial charge in [-0.2, -0.15) is 0 Å². The van der Waals surface area contributed by atoms with Gasteiger partial charge in [0, 0.05) is 19.6 Å². The van der Waals surface area contributed by atoms with Crippen LogP contribution in [-0.4, -0.2) is 77.6 Å². The highest BCUT2D eigenvalue weighted by Crippen LogP contribution is 2.29. The average molecular weight is 372 g/mol. The molecular weight excluding hydrogens is 354 g/mol. The summed E-state index contributed by atoms with van der Waals surface area (Å²) in [6.07, 6.45) is -0.375. The quantitative estimate of drug-likeness (QED) is 0.588. The summed E-state index contributed by atoms with van der Waals surface area (Å²) in [5.41, 5.74) is -0.489. The van der Waals surface area contributed by atoms with E-state index in [1.54, 1.807) is 11.9 Å². The first kappa shape index (κ1) is 19.1. The molecule has 0 aromatic heterocycles. The fourth-order valence-electron chi connectivity index (χ4n) is 2.70. The number of benzene rings is 1. The summed E-state index contributed by atoms with van der Waals surface area (Å²) in [5, 5.41) is 19.9. The number of carbonyl (C=O) groups is 2. The van der Waals surface area contributed by atoms with Gasteiger partial charge in [-0.05, 0) is 19.2 Å². The minimum Gasteiger partial charge on any atom is -0.480 e. The third kappa shape index (κ3) is 4.88. The van der Waals surface area contributed by atoms with Gasteiger partial charge >= 0.3 is 11.7 Å². The molecule has 0 spiro atoms. The van der Waals surface area contributed by atoms with Gasteiger partial charge in [0.15, 0.2) is 0 Å². The Bertz CT molecular complexity index is 683. The average Bonchev–Trinajstić information content (AvgIpc) is 2.52. The number of ether oxygens (including phenoxy) is 1. The lowest BCUT2D eigenvalue weighted by molar-refractivity contribution is -0.385. The molecule has 1 fully saturated rings. The van der Waals surface area contributed by atoms with Crippen molar-refractivity contribution in [2.45, 2.75) is 6.10 Å². The zero-order valence-electron chi connectivity index (χ0n) is 13.6. The molecule has 1 atom stereocenters. The first-order valence-electron chi connectivity index (χ1n) is 7.53. The third-order valence-corrected chi connectivity index (χ3v) is 4.05. The SMILES string of the molecule is CN(CC(=O)O)CC1CN(C(=O)c2cccc(Cl)c2[N+](=O)[O-])CCO1. The van der Waals surface area contributed by atoms with Crippen LogP contribution in [-0.2, 0) is 9.53 Å². The van der Waals surface area contributed by atoms with E-state index in [1.165, 1.54) is 23.1 Å². The Balaban J connectivity index is 2.11. The summed E-state index contributed by atoms with van der Waals surface area (Å²) in [4.78, 5) is 37.0. The van der Waals surface area contributed by atoms with Crippen molar-refractivity contribution in [2.75, 3.05) is 39.8 Å². The third-order valence-electron chi connectivity index (χ3n) is 3.75. The van der Waals surface area contributed by atoms with E-state index in [0.29, 0.717) is 13.1 Å². The Labute approximate surface area is 148 Å². The Hall–Kier alpha value is -2.23. The normalized spacial score (nSPS) is 17.6. The monoisotopic (exact) mass is 371 g/mol. The van der Waals surface area contributed by atoms with Crippen molar-refractivity contribution >= 4 is 29.2 Å². The predicted molar refractivity (Wildman–Crippen MR) is 88.9 cm³/mol. The number of carboxylic acids is 1. The number of rotatable bonds is 6. The number of morpholine rings is 1. The largest absolute Gasteiger partial charge is 0.480 e. The molecule has 1 aliphatic heterocycles. The number of amides is 1. The highest BCUT2D eigenvalue weighted by Gasteiger charge is 2.31. The highest BCUT2D eigenvalue weighted by molar-refractivity contribution is 6.33. The zero-order chi connectivity index (χ0) is 18.6. The Kier molecular flexibility index (Phi) is 6.29. The molecular formula is C15H18ClN3O6. The lowest BCUT2D eigenvalue weighted by atomic mass is 10.1. The number of para-hydroxylation sites is 1. The summed E-state index contributed by atoms with van der Waals surface area (Å²) in [6, 6.07) is 4.22. The molecule has 0 radical (unpaired) electrons. The fourth-order valence-corrected chi connectivity index (χ4v) is 2.94. The molecule has 2 rings (SSSR count). The number of nitro groups is 1. The molecule has 136 valence electrons. The van der Waals surface area contributed by atoms with Crippen LogP contribution in [0, 0.1) is 10.1 Å².